The zero-order valence-corrected chi connectivity index (χ0v) is 16.6. The molecule has 0 spiro atoms. The largest absolute Gasteiger partial charge is 0.379 e. The van der Waals surface area contributed by atoms with Gasteiger partial charge in [-0.15, -0.1) is 0 Å². The highest BCUT2D eigenvalue weighted by Crippen LogP contribution is 2.30. The second-order valence-electron chi connectivity index (χ2n) is 7.51. The zero-order chi connectivity index (χ0) is 19.6. The van der Waals surface area contributed by atoms with E-state index >= 15 is 0 Å². The highest BCUT2D eigenvalue weighted by Gasteiger charge is 2.31. The van der Waals surface area contributed by atoms with Crippen LogP contribution in [0.1, 0.15) is 43.5 Å². The van der Waals surface area contributed by atoms with Gasteiger partial charge in [0.15, 0.2) is 0 Å². The van der Waals surface area contributed by atoms with E-state index in [-0.39, 0.29) is 43.8 Å². The minimum Gasteiger partial charge on any atom is -0.379 e. The number of sulfonamides is 1. The first kappa shape index (κ1) is 20.2. The summed E-state index contributed by atoms with van der Waals surface area (Å²) >= 11 is 0. The molecule has 1 heterocycles. The first-order valence-electron chi connectivity index (χ1n) is 9.49. The van der Waals surface area contributed by atoms with Crippen molar-refractivity contribution in [3.63, 3.8) is 0 Å². The topological polar surface area (TPSA) is 75.7 Å². The first-order chi connectivity index (χ1) is 12.8. The molecule has 1 saturated carbocycles. The number of halogens is 1. The van der Waals surface area contributed by atoms with Crippen LogP contribution in [-0.2, 0) is 14.8 Å². The number of benzene rings is 1. The van der Waals surface area contributed by atoms with E-state index in [1.165, 1.54) is 10.4 Å². The van der Waals surface area contributed by atoms with Crippen molar-refractivity contribution >= 4 is 15.9 Å². The third-order valence-electron chi connectivity index (χ3n) is 5.80. The summed E-state index contributed by atoms with van der Waals surface area (Å²) in [6.45, 7) is 5.20. The van der Waals surface area contributed by atoms with Gasteiger partial charge in [0.1, 0.15) is 10.7 Å². The van der Waals surface area contributed by atoms with Gasteiger partial charge in [-0.1, -0.05) is 26.7 Å². The van der Waals surface area contributed by atoms with Crippen LogP contribution in [0.5, 0.6) is 0 Å². The number of nitrogens with zero attached hydrogens (tertiary/aromatic N) is 1. The lowest BCUT2D eigenvalue weighted by Crippen LogP contribution is -2.44. The lowest BCUT2D eigenvalue weighted by molar-refractivity contribution is 0.0729. The third-order valence-corrected chi connectivity index (χ3v) is 7.72. The average Bonchev–Trinajstić information content (AvgIpc) is 2.66. The maximum Gasteiger partial charge on any atom is 0.251 e. The normalized spacial score (nSPS) is 27.3. The maximum absolute atomic E-state index is 14.3. The van der Waals surface area contributed by atoms with Gasteiger partial charge in [-0.25, -0.2) is 12.8 Å². The van der Waals surface area contributed by atoms with Crippen molar-refractivity contribution in [2.24, 2.45) is 11.8 Å². The Morgan fingerprint density at radius 1 is 1.22 bits per heavy atom. The van der Waals surface area contributed by atoms with Gasteiger partial charge in [-0.3, -0.25) is 4.79 Å². The van der Waals surface area contributed by atoms with E-state index in [4.69, 9.17) is 4.74 Å². The average molecular weight is 399 g/mol. The van der Waals surface area contributed by atoms with Gasteiger partial charge in [0, 0.05) is 24.7 Å². The number of amides is 1. The smallest absolute Gasteiger partial charge is 0.251 e. The number of hydrogen-bond donors (Lipinski definition) is 1. The van der Waals surface area contributed by atoms with Gasteiger partial charge >= 0.3 is 0 Å². The summed E-state index contributed by atoms with van der Waals surface area (Å²) < 4.78 is 46.2. The standard InChI is InChI=1S/C19H27FN2O4S/c1-13-4-3-5-17(14(13)2)21-19(23)15-6-7-16(20)18(12-15)27(24,25)22-8-10-26-11-9-22/h6-7,12-14,17H,3-5,8-11H2,1-2H3,(H,21,23)/t13-,14+,17-/m0/s1. The Bertz CT molecular complexity index is 793. The lowest BCUT2D eigenvalue weighted by Gasteiger charge is -2.34. The van der Waals surface area contributed by atoms with Crippen LogP contribution < -0.4 is 5.32 Å². The van der Waals surface area contributed by atoms with Crippen molar-refractivity contribution in [1.29, 1.82) is 0 Å². The molecule has 6 nitrogen and oxygen atoms in total. The van der Waals surface area contributed by atoms with E-state index in [2.05, 4.69) is 19.2 Å². The summed E-state index contributed by atoms with van der Waals surface area (Å²) in [6.07, 6.45) is 3.10. The van der Waals surface area contributed by atoms with Crippen LogP contribution in [0, 0.1) is 17.7 Å². The Balaban J connectivity index is 1.81. The molecule has 1 N–H and O–H groups in total. The van der Waals surface area contributed by atoms with Crippen molar-refractivity contribution in [2.75, 3.05) is 26.3 Å². The number of nitrogens with one attached hydrogen (secondary N) is 1. The molecule has 1 amide bonds. The fraction of sp³-hybridized carbons (Fsp3) is 0.632. The molecule has 27 heavy (non-hydrogen) atoms. The molecule has 8 heteroatoms. The summed E-state index contributed by atoms with van der Waals surface area (Å²) in [5, 5.41) is 3.00. The van der Waals surface area contributed by atoms with E-state index in [0.29, 0.717) is 11.8 Å². The fourth-order valence-corrected chi connectivity index (χ4v) is 5.30. The second-order valence-corrected chi connectivity index (χ2v) is 9.42. The van der Waals surface area contributed by atoms with Crippen molar-refractivity contribution in [3.05, 3.63) is 29.6 Å². The Labute approximate surface area is 160 Å². The highest BCUT2D eigenvalue weighted by atomic mass is 32.2. The van der Waals surface area contributed by atoms with Gasteiger partial charge in [0.05, 0.1) is 13.2 Å². The Kier molecular flexibility index (Phi) is 6.18. The van der Waals surface area contributed by atoms with Gasteiger partial charge in [-0.2, -0.15) is 4.31 Å². The molecule has 0 bridgehead atoms. The molecule has 1 aliphatic carbocycles. The fourth-order valence-electron chi connectivity index (χ4n) is 3.81. The van der Waals surface area contributed by atoms with Crippen LogP contribution in [0.2, 0.25) is 0 Å². The minimum absolute atomic E-state index is 0.0469. The summed E-state index contributed by atoms with van der Waals surface area (Å²) in [7, 11) is -4.00. The Hall–Kier alpha value is -1.51. The van der Waals surface area contributed by atoms with E-state index in [1.54, 1.807) is 0 Å². The van der Waals surface area contributed by atoms with Crippen LogP contribution in [0.15, 0.2) is 23.1 Å². The second kappa shape index (κ2) is 8.24. The van der Waals surface area contributed by atoms with Gasteiger partial charge in [-0.05, 0) is 36.5 Å². The van der Waals surface area contributed by atoms with Crippen molar-refractivity contribution in [2.45, 2.75) is 44.0 Å². The molecule has 1 saturated heterocycles. The molecule has 3 atom stereocenters. The molecule has 3 rings (SSSR count). The molecule has 0 radical (unpaired) electrons. The SMILES string of the molecule is C[C@H]1[C@@H](NC(=O)c2ccc(F)c(S(=O)(=O)N3CCOCC3)c2)CCC[C@@H]1C. The third kappa shape index (κ3) is 4.33. The molecule has 150 valence electrons. The number of hydrogen-bond acceptors (Lipinski definition) is 4. The molecule has 0 aromatic heterocycles. The van der Waals surface area contributed by atoms with Gasteiger partial charge in [0.25, 0.3) is 5.91 Å². The van der Waals surface area contributed by atoms with Crippen LogP contribution in [0.3, 0.4) is 0 Å². The summed E-state index contributed by atoms with van der Waals surface area (Å²) in [5.41, 5.74) is 0.161. The number of carbonyl (C=O) groups excluding carboxylic acids is 1. The van der Waals surface area contributed by atoms with Crippen molar-refractivity contribution < 1.29 is 22.3 Å². The summed E-state index contributed by atoms with van der Waals surface area (Å²) in [6, 6.07) is 3.58. The number of morpholine rings is 1. The van der Waals surface area contributed by atoms with Gasteiger partial charge < -0.3 is 10.1 Å². The predicted octanol–water partition coefficient (Wildman–Crippen LogP) is 2.40. The maximum atomic E-state index is 14.3. The van der Waals surface area contributed by atoms with Crippen LogP contribution in [-0.4, -0.2) is 51.0 Å². The van der Waals surface area contributed by atoms with Crippen LogP contribution in [0.4, 0.5) is 4.39 Å². The molecule has 2 fully saturated rings. The van der Waals surface area contributed by atoms with E-state index in [9.17, 15) is 17.6 Å². The van der Waals surface area contributed by atoms with Crippen molar-refractivity contribution in [3.8, 4) is 0 Å². The molecule has 0 unspecified atom stereocenters. The minimum atomic E-state index is -4.00. The molecule has 1 aromatic carbocycles. The van der Waals surface area contributed by atoms with Gasteiger partial charge in [0.2, 0.25) is 10.0 Å². The number of ether oxygens (including phenoxy) is 1. The zero-order valence-electron chi connectivity index (χ0n) is 15.8. The highest BCUT2D eigenvalue weighted by molar-refractivity contribution is 7.89. The van der Waals surface area contributed by atoms with E-state index in [1.807, 2.05) is 0 Å². The monoisotopic (exact) mass is 398 g/mol. The first-order valence-corrected chi connectivity index (χ1v) is 10.9. The lowest BCUT2D eigenvalue weighted by atomic mass is 9.78. The predicted molar refractivity (Wildman–Crippen MR) is 99.4 cm³/mol. The molecule has 1 aromatic rings. The van der Waals surface area contributed by atoms with Crippen molar-refractivity contribution in [1.82, 2.24) is 9.62 Å². The summed E-state index contributed by atoms with van der Waals surface area (Å²) in [4.78, 5) is 12.2. The summed E-state index contributed by atoms with van der Waals surface area (Å²) in [5.74, 6) is -0.341. The number of carbonyl (C=O) groups is 1. The Morgan fingerprint density at radius 2 is 1.93 bits per heavy atom. The quantitative estimate of drug-likeness (QED) is 0.845. The molecule has 1 aliphatic heterocycles. The Morgan fingerprint density at radius 3 is 2.63 bits per heavy atom. The van der Waals surface area contributed by atoms with E-state index in [0.717, 1.165) is 31.4 Å². The molecular formula is C19H27FN2O4S. The van der Waals surface area contributed by atoms with E-state index < -0.39 is 20.7 Å². The van der Waals surface area contributed by atoms with Crippen LogP contribution >= 0.6 is 0 Å². The van der Waals surface area contributed by atoms with Crippen LogP contribution in [0.25, 0.3) is 0 Å². The number of rotatable bonds is 4. The molecule has 2 aliphatic rings. The molecular weight excluding hydrogens is 371 g/mol.